The van der Waals surface area contributed by atoms with E-state index in [4.69, 9.17) is 19.9 Å². The van der Waals surface area contributed by atoms with E-state index in [0.29, 0.717) is 12.4 Å². The van der Waals surface area contributed by atoms with E-state index in [1.54, 1.807) is 0 Å². The Morgan fingerprint density at radius 2 is 1.90 bits per heavy atom. The van der Waals surface area contributed by atoms with Gasteiger partial charge < -0.3 is 19.9 Å². The van der Waals surface area contributed by atoms with Crippen LogP contribution in [0.1, 0.15) is 22.7 Å². The first-order valence-corrected chi connectivity index (χ1v) is 6.98. The molecule has 3 rings (SSSR count). The maximum Gasteiger partial charge on any atom is 0.231 e. The van der Waals surface area contributed by atoms with Crippen LogP contribution in [0.15, 0.2) is 36.4 Å². The fraction of sp³-hybridized carbons (Fsp3) is 0.294. The Morgan fingerprint density at radius 1 is 1.10 bits per heavy atom. The molecule has 110 valence electrons. The maximum atomic E-state index is 6.24. The molecule has 2 aromatic carbocycles. The fourth-order valence-electron chi connectivity index (χ4n) is 2.40. The van der Waals surface area contributed by atoms with Crippen LogP contribution in [0.3, 0.4) is 0 Å². The molecule has 0 bridgehead atoms. The molecule has 0 spiro atoms. The zero-order valence-corrected chi connectivity index (χ0v) is 12.3. The molecule has 1 atom stereocenters. The van der Waals surface area contributed by atoms with Gasteiger partial charge in [-0.1, -0.05) is 23.8 Å². The molecule has 0 aliphatic carbocycles. The molecule has 0 amide bonds. The van der Waals surface area contributed by atoms with E-state index in [-0.39, 0.29) is 12.8 Å². The van der Waals surface area contributed by atoms with Gasteiger partial charge in [0.2, 0.25) is 6.79 Å². The first kappa shape index (κ1) is 13.8. The van der Waals surface area contributed by atoms with Crippen molar-refractivity contribution in [3.63, 3.8) is 0 Å². The summed E-state index contributed by atoms with van der Waals surface area (Å²) < 4.78 is 16.4. The topological polar surface area (TPSA) is 53.7 Å². The molecule has 2 N–H and O–H groups in total. The van der Waals surface area contributed by atoms with Gasteiger partial charge in [-0.15, -0.1) is 0 Å². The molecule has 4 heteroatoms. The number of benzene rings is 2. The number of aryl methyl sites for hydroxylation is 2. The summed E-state index contributed by atoms with van der Waals surface area (Å²) >= 11 is 0. The van der Waals surface area contributed by atoms with E-state index in [0.717, 1.165) is 17.1 Å². The summed E-state index contributed by atoms with van der Waals surface area (Å²) in [4.78, 5) is 0. The number of ether oxygens (including phenoxy) is 3. The Hall–Kier alpha value is -2.20. The lowest BCUT2D eigenvalue weighted by molar-refractivity contribution is 0.173. The minimum Gasteiger partial charge on any atom is -0.491 e. The van der Waals surface area contributed by atoms with Crippen molar-refractivity contribution in [2.45, 2.75) is 19.9 Å². The molecule has 0 aromatic heterocycles. The molecule has 0 saturated carbocycles. The first-order valence-electron chi connectivity index (χ1n) is 6.98. The van der Waals surface area contributed by atoms with E-state index < -0.39 is 0 Å². The summed E-state index contributed by atoms with van der Waals surface area (Å²) in [5.74, 6) is 2.20. The van der Waals surface area contributed by atoms with Gasteiger partial charge in [0, 0.05) is 6.07 Å². The van der Waals surface area contributed by atoms with Gasteiger partial charge in [0.05, 0.1) is 6.04 Å². The van der Waals surface area contributed by atoms with Crippen molar-refractivity contribution in [1.82, 2.24) is 0 Å². The van der Waals surface area contributed by atoms with Crippen molar-refractivity contribution in [3.05, 3.63) is 53.1 Å². The van der Waals surface area contributed by atoms with Gasteiger partial charge in [0.15, 0.2) is 11.5 Å². The van der Waals surface area contributed by atoms with Gasteiger partial charge in [0.1, 0.15) is 12.4 Å². The third-order valence-electron chi connectivity index (χ3n) is 3.61. The maximum absolute atomic E-state index is 6.24. The second-order valence-electron chi connectivity index (χ2n) is 5.29. The number of hydrogen-bond acceptors (Lipinski definition) is 4. The molecular formula is C17H19NO3. The molecule has 4 nitrogen and oxygen atoms in total. The SMILES string of the molecule is Cc1ccc(C)c(C(N)COc2ccc3c(c2)OCO3)c1. The molecule has 0 radical (unpaired) electrons. The summed E-state index contributed by atoms with van der Waals surface area (Å²) in [7, 11) is 0. The zero-order valence-electron chi connectivity index (χ0n) is 12.3. The number of hydrogen-bond donors (Lipinski definition) is 1. The quantitative estimate of drug-likeness (QED) is 0.937. The van der Waals surface area contributed by atoms with Crippen molar-refractivity contribution in [3.8, 4) is 17.2 Å². The second-order valence-corrected chi connectivity index (χ2v) is 5.29. The summed E-state index contributed by atoms with van der Waals surface area (Å²) in [6.45, 7) is 4.81. The second kappa shape index (κ2) is 5.66. The van der Waals surface area contributed by atoms with Gasteiger partial charge in [0.25, 0.3) is 0 Å². The molecule has 0 fully saturated rings. The standard InChI is InChI=1S/C17H19NO3/c1-11-3-4-12(2)14(7-11)15(18)9-19-13-5-6-16-17(8-13)21-10-20-16/h3-8,15H,9-10,18H2,1-2H3. The van der Waals surface area contributed by atoms with Gasteiger partial charge in [-0.05, 0) is 37.1 Å². The fourth-order valence-corrected chi connectivity index (χ4v) is 2.40. The molecule has 21 heavy (non-hydrogen) atoms. The number of rotatable bonds is 4. The van der Waals surface area contributed by atoms with E-state index in [1.807, 2.05) is 18.2 Å². The van der Waals surface area contributed by atoms with Crippen LogP contribution in [0.5, 0.6) is 17.2 Å². The summed E-state index contributed by atoms with van der Waals surface area (Å²) in [5.41, 5.74) is 9.75. The molecule has 1 aliphatic rings. The van der Waals surface area contributed by atoms with Crippen molar-refractivity contribution in [2.24, 2.45) is 5.73 Å². The van der Waals surface area contributed by atoms with Gasteiger partial charge in [-0.3, -0.25) is 0 Å². The Balaban J connectivity index is 1.68. The average molecular weight is 285 g/mol. The Bertz CT molecular complexity index is 654. The predicted molar refractivity (Wildman–Crippen MR) is 80.9 cm³/mol. The van der Waals surface area contributed by atoms with Crippen LogP contribution in [-0.4, -0.2) is 13.4 Å². The van der Waals surface area contributed by atoms with Crippen LogP contribution in [-0.2, 0) is 0 Å². The van der Waals surface area contributed by atoms with Crippen molar-refractivity contribution >= 4 is 0 Å². The van der Waals surface area contributed by atoms with Crippen molar-refractivity contribution in [1.29, 1.82) is 0 Å². The zero-order chi connectivity index (χ0) is 14.8. The lowest BCUT2D eigenvalue weighted by Gasteiger charge is -2.16. The summed E-state index contributed by atoms with van der Waals surface area (Å²) in [6, 6.07) is 11.7. The molecule has 2 aromatic rings. The van der Waals surface area contributed by atoms with Crippen molar-refractivity contribution < 1.29 is 14.2 Å². The van der Waals surface area contributed by atoms with Gasteiger partial charge in [-0.25, -0.2) is 0 Å². The molecule has 1 heterocycles. The molecule has 0 saturated heterocycles. The normalized spacial score (nSPS) is 14.0. The third kappa shape index (κ3) is 2.95. The monoisotopic (exact) mass is 285 g/mol. The molecular weight excluding hydrogens is 266 g/mol. The highest BCUT2D eigenvalue weighted by molar-refractivity contribution is 5.47. The molecule has 1 aliphatic heterocycles. The Morgan fingerprint density at radius 3 is 2.76 bits per heavy atom. The Labute approximate surface area is 124 Å². The molecule has 1 unspecified atom stereocenters. The van der Waals surface area contributed by atoms with E-state index in [2.05, 4.69) is 32.0 Å². The lowest BCUT2D eigenvalue weighted by atomic mass is 10.00. The highest BCUT2D eigenvalue weighted by atomic mass is 16.7. The van der Waals surface area contributed by atoms with Crippen LogP contribution < -0.4 is 19.9 Å². The van der Waals surface area contributed by atoms with Crippen LogP contribution in [0, 0.1) is 13.8 Å². The number of fused-ring (bicyclic) bond motifs is 1. The summed E-state index contributed by atoms with van der Waals surface area (Å²) in [6.07, 6.45) is 0. The largest absolute Gasteiger partial charge is 0.491 e. The smallest absolute Gasteiger partial charge is 0.231 e. The van der Waals surface area contributed by atoms with Gasteiger partial charge >= 0.3 is 0 Å². The van der Waals surface area contributed by atoms with E-state index in [9.17, 15) is 0 Å². The minimum absolute atomic E-state index is 0.157. The van der Waals surface area contributed by atoms with Crippen LogP contribution in [0.2, 0.25) is 0 Å². The van der Waals surface area contributed by atoms with Gasteiger partial charge in [-0.2, -0.15) is 0 Å². The first-order chi connectivity index (χ1) is 10.1. The Kier molecular flexibility index (Phi) is 3.71. The lowest BCUT2D eigenvalue weighted by Crippen LogP contribution is -2.20. The average Bonchev–Trinajstić information content (AvgIpc) is 2.94. The highest BCUT2D eigenvalue weighted by Gasteiger charge is 2.15. The summed E-state index contributed by atoms with van der Waals surface area (Å²) in [5, 5.41) is 0. The van der Waals surface area contributed by atoms with Crippen molar-refractivity contribution in [2.75, 3.05) is 13.4 Å². The van der Waals surface area contributed by atoms with Crippen LogP contribution in [0.25, 0.3) is 0 Å². The predicted octanol–water partition coefficient (Wildman–Crippen LogP) is 3.11. The van der Waals surface area contributed by atoms with E-state index in [1.165, 1.54) is 11.1 Å². The van der Waals surface area contributed by atoms with E-state index >= 15 is 0 Å². The van der Waals surface area contributed by atoms with Crippen LogP contribution in [0.4, 0.5) is 0 Å². The third-order valence-corrected chi connectivity index (χ3v) is 3.61. The minimum atomic E-state index is -0.157. The highest BCUT2D eigenvalue weighted by Crippen LogP contribution is 2.35. The van der Waals surface area contributed by atoms with Crippen LogP contribution >= 0.6 is 0 Å². The number of nitrogens with two attached hydrogens (primary N) is 1.